The van der Waals surface area contributed by atoms with Gasteiger partial charge < -0.3 is 19.8 Å². The molecular weight excluding hydrogens is 420 g/mol. The van der Waals surface area contributed by atoms with Crippen molar-refractivity contribution in [3.8, 4) is 0 Å². The van der Waals surface area contributed by atoms with Crippen molar-refractivity contribution in [2.24, 2.45) is 11.5 Å². The first-order chi connectivity index (χ1) is 9.82. The van der Waals surface area contributed by atoms with Crippen molar-refractivity contribution < 1.29 is 35.5 Å². The highest BCUT2D eigenvalue weighted by atomic mass is 33.1. The van der Waals surface area contributed by atoms with E-state index in [1.807, 2.05) is 0 Å². The third-order valence-corrected chi connectivity index (χ3v) is 5.19. The Kier molecular flexibility index (Phi) is 9.59. The van der Waals surface area contributed by atoms with Gasteiger partial charge in [-0.3, -0.25) is 9.11 Å². The van der Waals surface area contributed by atoms with Crippen LogP contribution in [0.3, 0.4) is 0 Å². The Labute approximate surface area is 144 Å². The Bertz CT molecular complexity index is 549. The summed E-state index contributed by atoms with van der Waals surface area (Å²) in [5, 5.41) is 0. The summed E-state index contributed by atoms with van der Waals surface area (Å²) in [5.41, 5.74) is 10.8. The molecule has 6 N–H and O–H groups in total. The van der Waals surface area contributed by atoms with Crippen molar-refractivity contribution in [2.45, 2.75) is 12.1 Å². The normalized spacial score (nSPS) is 19.3. The second kappa shape index (κ2) is 9.50. The molecule has 0 aromatic heterocycles. The Balaban J connectivity index is 4.07. The molecule has 0 rings (SSSR count). The highest BCUT2D eigenvalue weighted by molar-refractivity contribution is 8.76. The maximum atomic E-state index is 11.2. The highest BCUT2D eigenvalue weighted by Gasteiger charge is 2.21. The number of nitrogens with two attached hydrogens (primary N) is 2. The summed E-state index contributed by atoms with van der Waals surface area (Å²) < 4.78 is 46.6. The van der Waals surface area contributed by atoms with Gasteiger partial charge >= 0.3 is 30.0 Å². The van der Waals surface area contributed by atoms with Crippen molar-refractivity contribution in [3.63, 3.8) is 0 Å². The zero-order valence-electron chi connectivity index (χ0n) is 10.5. The molecule has 0 heterocycles. The van der Waals surface area contributed by atoms with Crippen molar-refractivity contribution in [3.05, 3.63) is 0 Å². The van der Waals surface area contributed by atoms with Gasteiger partial charge in [0.25, 0.3) is 0 Å². The molecule has 0 bridgehead atoms. The topological polar surface area (TPSA) is 179 Å². The third kappa shape index (κ3) is 11.7. The predicted molar refractivity (Wildman–Crippen MR) is 89.3 cm³/mol. The summed E-state index contributed by atoms with van der Waals surface area (Å²) in [6.45, 7) is 0. The van der Waals surface area contributed by atoms with Gasteiger partial charge in [0.2, 0.25) is 0 Å². The third-order valence-electron chi connectivity index (χ3n) is 1.56. The molecule has 0 aromatic rings. The minimum atomic E-state index is -4.10. The largest absolute Gasteiger partial charge is 0.343 e. The molecule has 0 saturated heterocycles. The van der Waals surface area contributed by atoms with Crippen LogP contribution in [0.1, 0.15) is 0 Å². The minimum absolute atomic E-state index is 0.0199. The van der Waals surface area contributed by atoms with Crippen molar-refractivity contribution in [1.82, 2.24) is 0 Å². The smallest absolute Gasteiger partial charge is 0.339 e. The monoisotopic (exact) mass is 432 g/mol. The molecule has 0 aromatic carbocycles. The first kappa shape index (κ1) is 22.2. The van der Waals surface area contributed by atoms with Crippen LogP contribution in [0.25, 0.3) is 0 Å². The summed E-state index contributed by atoms with van der Waals surface area (Å²) in [4.78, 5) is 22.4. The molecule has 4 atom stereocenters. The molecule has 0 aliphatic heterocycles. The van der Waals surface area contributed by atoms with Crippen molar-refractivity contribution >= 4 is 74.0 Å². The van der Waals surface area contributed by atoms with Gasteiger partial charge in [0.1, 0.15) is 12.1 Å². The van der Waals surface area contributed by atoms with E-state index in [9.17, 15) is 18.0 Å². The molecule has 0 fully saturated rings. The fraction of sp³-hybridized carbons (Fsp3) is 0.667. The number of carbonyl (C=O) groups is 2. The van der Waals surface area contributed by atoms with E-state index in [2.05, 4.69) is 30.7 Å². The van der Waals surface area contributed by atoms with Crippen LogP contribution in [0.15, 0.2) is 0 Å². The SMILES string of the molecule is N[C@@H](CSSC[C@H](N)C(=O)OS(=O)(O)=S)C(=O)OS(=O)(O)=S. The summed E-state index contributed by atoms with van der Waals surface area (Å²) in [7, 11) is -6.16. The van der Waals surface area contributed by atoms with E-state index >= 15 is 0 Å². The minimum Gasteiger partial charge on any atom is -0.343 e. The van der Waals surface area contributed by atoms with Crippen LogP contribution in [-0.4, -0.2) is 53.1 Å². The number of hydrogen-bond donors (Lipinski definition) is 4. The van der Waals surface area contributed by atoms with Crippen LogP contribution < -0.4 is 11.5 Å². The predicted octanol–water partition coefficient (Wildman–Crippen LogP) is -1.62. The Morgan fingerprint density at radius 1 is 0.955 bits per heavy atom. The molecule has 0 aliphatic carbocycles. The Morgan fingerprint density at radius 2 is 1.23 bits per heavy atom. The Morgan fingerprint density at radius 3 is 1.45 bits per heavy atom. The zero-order chi connectivity index (χ0) is 17.6. The first-order valence-corrected chi connectivity index (χ1v) is 12.2. The van der Waals surface area contributed by atoms with Gasteiger partial charge in [-0.15, -0.1) is 0 Å². The fourth-order valence-corrected chi connectivity index (χ4v) is 3.99. The van der Waals surface area contributed by atoms with Crippen LogP contribution in [0.4, 0.5) is 0 Å². The van der Waals surface area contributed by atoms with Gasteiger partial charge in [-0.25, -0.2) is 9.59 Å². The lowest BCUT2D eigenvalue weighted by molar-refractivity contribution is -0.135. The van der Waals surface area contributed by atoms with Gasteiger partial charge in [-0.05, 0) is 0 Å². The van der Waals surface area contributed by atoms with Crippen molar-refractivity contribution in [2.75, 3.05) is 11.5 Å². The van der Waals surface area contributed by atoms with E-state index in [0.717, 1.165) is 21.6 Å². The number of rotatable bonds is 9. The van der Waals surface area contributed by atoms with Crippen LogP contribution >= 0.6 is 21.6 Å². The average molecular weight is 433 g/mol. The molecule has 0 amide bonds. The maximum Gasteiger partial charge on any atom is 0.339 e. The summed E-state index contributed by atoms with van der Waals surface area (Å²) in [5.74, 6) is -2.34. The van der Waals surface area contributed by atoms with Crippen molar-refractivity contribution in [1.29, 1.82) is 0 Å². The standard InChI is InChI=1S/C6H12N2O8S6/c7-3(5(9)15-21(11,12)17)1-19-20-2-4(8)6(10)16-22(13,14)18/h3-4H,1-2,7-8H2,(H,11,12,17)(H,13,14,18)/t3-,4-/m0/s1. The number of hydrogen-bond acceptors (Lipinski definition) is 12. The lowest BCUT2D eigenvalue weighted by Crippen LogP contribution is -2.36. The van der Waals surface area contributed by atoms with E-state index in [1.165, 1.54) is 0 Å². The van der Waals surface area contributed by atoms with Gasteiger partial charge in [0.15, 0.2) is 0 Å². The summed E-state index contributed by atoms with van der Waals surface area (Å²) in [6, 6.07) is -2.42. The van der Waals surface area contributed by atoms with E-state index in [1.54, 1.807) is 0 Å². The molecule has 0 spiro atoms. The quantitative estimate of drug-likeness (QED) is 0.241. The molecule has 0 radical (unpaired) electrons. The first-order valence-electron chi connectivity index (χ1n) is 4.99. The molecule has 130 valence electrons. The van der Waals surface area contributed by atoms with E-state index in [-0.39, 0.29) is 11.5 Å². The second-order valence-electron chi connectivity index (χ2n) is 3.44. The molecule has 2 unspecified atom stereocenters. The Hall–Kier alpha value is 0.220. The summed E-state index contributed by atoms with van der Waals surface area (Å²) >= 11 is 7.95. The number of carbonyl (C=O) groups excluding carboxylic acids is 2. The van der Waals surface area contributed by atoms with E-state index in [0.29, 0.717) is 0 Å². The van der Waals surface area contributed by atoms with E-state index < -0.39 is 42.1 Å². The van der Waals surface area contributed by atoms with Gasteiger partial charge in [0, 0.05) is 11.5 Å². The lowest BCUT2D eigenvalue weighted by atomic mass is 10.4. The maximum absolute atomic E-state index is 11.2. The molecule has 22 heavy (non-hydrogen) atoms. The fourth-order valence-electron chi connectivity index (χ4n) is 0.710. The molecular formula is C6H12N2O8S6. The second-order valence-corrected chi connectivity index (χ2v) is 10.6. The lowest BCUT2D eigenvalue weighted by Gasteiger charge is -2.11. The highest BCUT2D eigenvalue weighted by Crippen LogP contribution is 2.22. The van der Waals surface area contributed by atoms with Gasteiger partial charge in [-0.1, -0.05) is 21.6 Å². The van der Waals surface area contributed by atoms with E-state index in [4.69, 9.17) is 20.6 Å². The molecule has 0 saturated carbocycles. The van der Waals surface area contributed by atoms with Crippen LogP contribution in [-0.2, 0) is 58.4 Å². The van der Waals surface area contributed by atoms with Crippen LogP contribution in [0.2, 0.25) is 0 Å². The molecule has 16 heteroatoms. The molecule has 0 aliphatic rings. The molecule has 10 nitrogen and oxygen atoms in total. The van der Waals surface area contributed by atoms with Gasteiger partial charge in [0.05, 0.1) is 22.4 Å². The van der Waals surface area contributed by atoms with Crippen LogP contribution in [0, 0.1) is 0 Å². The van der Waals surface area contributed by atoms with Gasteiger partial charge in [-0.2, -0.15) is 8.42 Å². The van der Waals surface area contributed by atoms with Crippen LogP contribution in [0.5, 0.6) is 0 Å². The average Bonchev–Trinajstić information content (AvgIpc) is 2.29. The summed E-state index contributed by atoms with van der Waals surface area (Å²) in [6.07, 6.45) is 0. The zero-order valence-corrected chi connectivity index (χ0v) is 15.4.